The van der Waals surface area contributed by atoms with E-state index in [9.17, 15) is 0 Å². The van der Waals surface area contributed by atoms with Crippen LogP contribution in [0.15, 0.2) is 0 Å². The first kappa shape index (κ1) is 14.4. The van der Waals surface area contributed by atoms with Crippen LogP contribution in [0.25, 0.3) is 11.1 Å². The molecule has 0 aliphatic carbocycles. The van der Waals surface area contributed by atoms with Gasteiger partial charge in [-0.05, 0) is 24.2 Å². The Hall–Kier alpha value is -2.53. The fraction of sp³-hybridized carbons (Fsp3) is 0.143. The molecule has 2 aromatic carbocycles. The van der Waals surface area contributed by atoms with Crippen molar-refractivity contribution in [2.75, 3.05) is 40.1 Å². The molecule has 1 aliphatic heterocycles. The van der Waals surface area contributed by atoms with E-state index in [2.05, 4.69) is 0 Å². The predicted molar refractivity (Wildman–Crippen MR) is 99.2 cm³/mol. The molecule has 1 atom stereocenters. The summed E-state index contributed by atoms with van der Waals surface area (Å²) >= 11 is 0. The molecule has 0 saturated carbocycles. The molecule has 1 heterocycles. The first-order valence-electron chi connectivity index (χ1n) is 6.73. The highest BCUT2D eigenvalue weighted by atomic mass is 31.1. The minimum atomic E-state index is 0.269. The normalized spacial score (nSPS) is 13.9. The first-order valence-corrected chi connectivity index (χ1v) is 7.93. The molecule has 0 bridgehead atoms. The summed E-state index contributed by atoms with van der Waals surface area (Å²) in [6.45, 7) is 1.86. The molecule has 116 valence electrons. The van der Waals surface area contributed by atoms with Crippen LogP contribution in [-0.2, 0) is 6.16 Å². The SMILES string of the molecule is Cc1c(N)c(N)c2c(c1N)CPc1c(N)c(N)c(N)c(N)c1-2. The minimum Gasteiger partial charge on any atom is -0.398 e. The molecule has 22 heavy (non-hydrogen) atoms. The number of hydrogen-bond acceptors (Lipinski definition) is 7. The summed E-state index contributed by atoms with van der Waals surface area (Å²) in [5.41, 5.74) is 49.0. The second-order valence-corrected chi connectivity index (χ2v) is 6.68. The van der Waals surface area contributed by atoms with Crippen LogP contribution in [0.5, 0.6) is 0 Å². The predicted octanol–water partition coefficient (Wildman–Crippen LogP) is 0.555. The van der Waals surface area contributed by atoms with Crippen LogP contribution in [0, 0.1) is 6.92 Å². The van der Waals surface area contributed by atoms with Gasteiger partial charge in [0.1, 0.15) is 0 Å². The zero-order chi connectivity index (χ0) is 16.3. The van der Waals surface area contributed by atoms with Crippen LogP contribution < -0.4 is 45.4 Å². The van der Waals surface area contributed by atoms with Gasteiger partial charge in [0.25, 0.3) is 0 Å². The van der Waals surface area contributed by atoms with Gasteiger partial charge in [-0.3, -0.25) is 0 Å². The lowest BCUT2D eigenvalue weighted by molar-refractivity contribution is 1.35. The average Bonchev–Trinajstić information content (AvgIpc) is 2.52. The molecular formula is C14H20N7P. The van der Waals surface area contributed by atoms with Crippen molar-refractivity contribution in [3.63, 3.8) is 0 Å². The van der Waals surface area contributed by atoms with Crippen molar-refractivity contribution in [1.29, 1.82) is 0 Å². The Kier molecular flexibility index (Phi) is 2.93. The number of fused-ring (bicyclic) bond motifs is 3. The number of rotatable bonds is 0. The van der Waals surface area contributed by atoms with E-state index in [1.165, 1.54) is 0 Å². The zero-order valence-corrected chi connectivity index (χ0v) is 13.2. The maximum absolute atomic E-state index is 6.25. The largest absolute Gasteiger partial charge is 0.398 e. The van der Waals surface area contributed by atoms with Gasteiger partial charge in [0.2, 0.25) is 0 Å². The second-order valence-electron chi connectivity index (χ2n) is 5.48. The third-order valence-electron chi connectivity index (χ3n) is 4.35. The van der Waals surface area contributed by atoms with Crippen molar-refractivity contribution in [3.8, 4) is 11.1 Å². The Labute approximate surface area is 130 Å². The van der Waals surface area contributed by atoms with Gasteiger partial charge in [-0.25, -0.2) is 0 Å². The van der Waals surface area contributed by atoms with Gasteiger partial charge in [0.15, 0.2) is 0 Å². The molecule has 0 aromatic heterocycles. The highest BCUT2D eigenvalue weighted by molar-refractivity contribution is 7.47. The van der Waals surface area contributed by atoms with E-state index in [1.807, 2.05) is 6.92 Å². The van der Waals surface area contributed by atoms with Gasteiger partial charge in [-0.2, -0.15) is 0 Å². The highest BCUT2D eigenvalue weighted by Crippen LogP contribution is 2.51. The van der Waals surface area contributed by atoms with Crippen LogP contribution in [0.4, 0.5) is 39.8 Å². The molecule has 0 radical (unpaired) electrons. The number of hydrogen-bond donors (Lipinski definition) is 7. The molecule has 0 saturated heterocycles. The lowest BCUT2D eigenvalue weighted by Crippen LogP contribution is -2.21. The van der Waals surface area contributed by atoms with Crippen LogP contribution in [0.2, 0.25) is 0 Å². The summed E-state index contributed by atoms with van der Waals surface area (Å²) in [6.07, 6.45) is 0.729. The highest BCUT2D eigenvalue weighted by Gasteiger charge is 2.29. The van der Waals surface area contributed by atoms with E-state index < -0.39 is 0 Å². The van der Waals surface area contributed by atoms with E-state index in [-0.39, 0.29) is 5.69 Å². The fourth-order valence-corrected chi connectivity index (χ4v) is 4.41. The summed E-state index contributed by atoms with van der Waals surface area (Å²) in [5.74, 6) is 0. The summed E-state index contributed by atoms with van der Waals surface area (Å²) < 4.78 is 0. The third-order valence-corrected chi connectivity index (χ3v) is 5.75. The van der Waals surface area contributed by atoms with Gasteiger partial charge in [-0.15, -0.1) is 0 Å². The van der Waals surface area contributed by atoms with Crippen molar-refractivity contribution in [2.24, 2.45) is 0 Å². The second kappa shape index (κ2) is 4.48. The first-order chi connectivity index (χ1) is 10.3. The lowest BCUT2D eigenvalue weighted by Gasteiger charge is -2.29. The summed E-state index contributed by atoms with van der Waals surface area (Å²) in [6, 6.07) is 0. The van der Waals surface area contributed by atoms with Crippen LogP contribution in [-0.4, -0.2) is 0 Å². The van der Waals surface area contributed by atoms with E-state index in [0.29, 0.717) is 42.7 Å². The van der Waals surface area contributed by atoms with Crippen molar-refractivity contribution in [2.45, 2.75) is 13.1 Å². The number of nitrogen functional groups attached to an aromatic ring is 7. The molecular weight excluding hydrogens is 297 g/mol. The van der Waals surface area contributed by atoms with Gasteiger partial charge in [0.05, 0.1) is 34.1 Å². The van der Waals surface area contributed by atoms with Gasteiger partial charge >= 0.3 is 0 Å². The standard InChI is InChI=1S/C14H20N7P/c1-3-7(15)4-2-22-14-6(5(4)9(17)8(3)16)10(18)11(19)12(20)13(14)21/h22H,2,15-21H2,1H3. The lowest BCUT2D eigenvalue weighted by atomic mass is 9.90. The monoisotopic (exact) mass is 317 g/mol. The third kappa shape index (κ3) is 1.60. The molecule has 0 fully saturated rings. The van der Waals surface area contributed by atoms with Crippen LogP contribution in [0.1, 0.15) is 11.1 Å². The summed E-state index contributed by atoms with van der Waals surface area (Å²) in [5, 5.41) is 0.881. The van der Waals surface area contributed by atoms with Gasteiger partial charge in [-0.1, -0.05) is 8.58 Å². The van der Waals surface area contributed by atoms with Gasteiger partial charge in [0, 0.05) is 22.1 Å². The van der Waals surface area contributed by atoms with Crippen LogP contribution in [0.3, 0.4) is 0 Å². The number of anilines is 7. The Morgan fingerprint density at radius 2 is 1.18 bits per heavy atom. The smallest absolute Gasteiger partial charge is 0.0809 e. The molecule has 0 spiro atoms. The molecule has 0 amide bonds. The molecule has 2 aromatic rings. The van der Waals surface area contributed by atoms with E-state index in [1.54, 1.807) is 0 Å². The van der Waals surface area contributed by atoms with E-state index >= 15 is 0 Å². The number of nitrogens with two attached hydrogens (primary N) is 7. The molecule has 3 rings (SSSR count). The molecule has 1 aliphatic rings. The summed E-state index contributed by atoms with van der Waals surface area (Å²) in [4.78, 5) is 0. The molecule has 14 N–H and O–H groups in total. The average molecular weight is 317 g/mol. The fourth-order valence-electron chi connectivity index (χ4n) is 2.92. The Morgan fingerprint density at radius 1 is 0.636 bits per heavy atom. The van der Waals surface area contributed by atoms with E-state index in [0.717, 1.165) is 33.7 Å². The molecule has 1 unspecified atom stereocenters. The van der Waals surface area contributed by atoms with Crippen molar-refractivity contribution in [3.05, 3.63) is 11.1 Å². The van der Waals surface area contributed by atoms with Crippen LogP contribution >= 0.6 is 8.58 Å². The molecule has 8 heteroatoms. The topological polar surface area (TPSA) is 182 Å². The Bertz CT molecular complexity index is 760. The van der Waals surface area contributed by atoms with E-state index in [4.69, 9.17) is 40.1 Å². The summed E-state index contributed by atoms with van der Waals surface area (Å²) in [7, 11) is 0.397. The maximum atomic E-state index is 6.25. The molecule has 7 nitrogen and oxygen atoms in total. The Balaban J connectivity index is 2.51. The minimum absolute atomic E-state index is 0.269. The van der Waals surface area contributed by atoms with Gasteiger partial charge < -0.3 is 40.1 Å². The Morgan fingerprint density at radius 3 is 1.82 bits per heavy atom. The van der Waals surface area contributed by atoms with Crippen molar-refractivity contribution in [1.82, 2.24) is 0 Å². The number of benzene rings is 2. The van der Waals surface area contributed by atoms with Crippen molar-refractivity contribution < 1.29 is 0 Å². The maximum Gasteiger partial charge on any atom is 0.0809 e. The zero-order valence-electron chi connectivity index (χ0n) is 12.2. The van der Waals surface area contributed by atoms with Crippen molar-refractivity contribution >= 4 is 53.7 Å². The quantitative estimate of drug-likeness (QED) is 0.273.